The summed E-state index contributed by atoms with van der Waals surface area (Å²) in [6, 6.07) is 8.65. The summed E-state index contributed by atoms with van der Waals surface area (Å²) in [6.07, 6.45) is 2.37. The van der Waals surface area contributed by atoms with Gasteiger partial charge in [-0.3, -0.25) is 0 Å². The van der Waals surface area contributed by atoms with E-state index in [4.69, 9.17) is 4.74 Å². The van der Waals surface area contributed by atoms with Crippen LogP contribution < -0.4 is 4.90 Å². The van der Waals surface area contributed by atoms with Crippen molar-refractivity contribution < 1.29 is 4.74 Å². The Morgan fingerprint density at radius 2 is 2.00 bits per heavy atom. The number of aryl methyl sites for hydroxylation is 1. The van der Waals surface area contributed by atoms with Crippen LogP contribution in [0.4, 0.5) is 5.69 Å². The minimum atomic E-state index is 0.821. The maximum Gasteiger partial charge on any atom is 0.0641 e. The van der Waals surface area contributed by atoms with Crippen LogP contribution in [0.25, 0.3) is 0 Å². The number of likely N-dealkylation sites (N-methyl/N-ethyl adjacent to an activating group) is 1. The minimum absolute atomic E-state index is 0.821. The average Bonchev–Trinajstić information content (AvgIpc) is 2.34. The van der Waals surface area contributed by atoms with Crippen molar-refractivity contribution in [3.05, 3.63) is 29.8 Å². The Hall–Kier alpha value is -1.02. The quantitative estimate of drug-likeness (QED) is 0.638. The number of hydrogen-bond donors (Lipinski definition) is 0. The van der Waals surface area contributed by atoms with Gasteiger partial charge in [-0.05, 0) is 38.0 Å². The Morgan fingerprint density at radius 3 is 2.65 bits per heavy atom. The first-order valence-electron chi connectivity index (χ1n) is 6.67. The molecule has 0 radical (unpaired) electrons. The normalized spacial score (nSPS) is 10.5. The van der Waals surface area contributed by atoms with Gasteiger partial charge in [0.15, 0.2) is 0 Å². The molecule has 2 nitrogen and oxygen atoms in total. The molecule has 0 aliphatic carbocycles. The highest BCUT2D eigenvalue weighted by Crippen LogP contribution is 2.15. The molecular weight excluding hydrogens is 210 g/mol. The van der Waals surface area contributed by atoms with Gasteiger partial charge in [0.2, 0.25) is 0 Å². The SMILES string of the molecule is CCCCOCCN(CC)c1cccc(C)c1. The molecule has 0 unspecified atom stereocenters. The third-order valence-electron chi connectivity index (χ3n) is 2.90. The summed E-state index contributed by atoms with van der Waals surface area (Å²) in [5.41, 5.74) is 2.61. The van der Waals surface area contributed by atoms with Crippen LogP contribution in [0.2, 0.25) is 0 Å². The first-order valence-corrected chi connectivity index (χ1v) is 6.67. The van der Waals surface area contributed by atoms with Gasteiger partial charge >= 0.3 is 0 Å². The molecule has 0 fully saturated rings. The standard InChI is InChI=1S/C15H25NO/c1-4-6-11-17-12-10-16(5-2)15-9-7-8-14(3)13-15/h7-9,13H,4-6,10-12H2,1-3H3. The molecule has 0 amide bonds. The van der Waals surface area contributed by atoms with Gasteiger partial charge < -0.3 is 9.64 Å². The zero-order valence-corrected chi connectivity index (χ0v) is 11.4. The lowest BCUT2D eigenvalue weighted by molar-refractivity contribution is 0.137. The molecule has 0 bridgehead atoms. The van der Waals surface area contributed by atoms with Crippen LogP contribution in [0.5, 0.6) is 0 Å². The number of ether oxygens (including phenoxy) is 1. The third-order valence-corrected chi connectivity index (χ3v) is 2.90. The Kier molecular flexibility index (Phi) is 6.71. The van der Waals surface area contributed by atoms with Crippen molar-refractivity contribution in [1.29, 1.82) is 0 Å². The van der Waals surface area contributed by atoms with Crippen molar-refractivity contribution >= 4 is 5.69 Å². The van der Waals surface area contributed by atoms with Crippen LogP contribution in [0, 0.1) is 6.92 Å². The van der Waals surface area contributed by atoms with Crippen LogP contribution in [-0.4, -0.2) is 26.3 Å². The summed E-state index contributed by atoms with van der Waals surface area (Å²) in [7, 11) is 0. The number of nitrogens with zero attached hydrogens (tertiary/aromatic N) is 1. The lowest BCUT2D eigenvalue weighted by Crippen LogP contribution is -2.27. The predicted octanol–water partition coefficient (Wildman–Crippen LogP) is 3.64. The maximum atomic E-state index is 5.62. The number of rotatable bonds is 8. The second kappa shape index (κ2) is 8.13. The second-order valence-electron chi connectivity index (χ2n) is 4.38. The van der Waals surface area contributed by atoms with Crippen LogP contribution in [0.15, 0.2) is 24.3 Å². The Labute approximate surface area is 106 Å². The molecule has 1 rings (SSSR count). The fraction of sp³-hybridized carbons (Fsp3) is 0.600. The van der Waals surface area contributed by atoms with E-state index in [2.05, 4.69) is 49.9 Å². The summed E-state index contributed by atoms with van der Waals surface area (Å²) in [5.74, 6) is 0. The van der Waals surface area contributed by atoms with Crippen molar-refractivity contribution in [2.75, 3.05) is 31.2 Å². The van der Waals surface area contributed by atoms with E-state index in [9.17, 15) is 0 Å². The zero-order chi connectivity index (χ0) is 12.5. The summed E-state index contributed by atoms with van der Waals surface area (Å²) < 4.78 is 5.62. The van der Waals surface area contributed by atoms with E-state index in [0.29, 0.717) is 0 Å². The topological polar surface area (TPSA) is 12.5 Å². The first-order chi connectivity index (χ1) is 8.27. The highest BCUT2D eigenvalue weighted by molar-refractivity contribution is 5.48. The first kappa shape index (κ1) is 14.0. The Balaban J connectivity index is 2.38. The number of benzene rings is 1. The summed E-state index contributed by atoms with van der Waals surface area (Å²) in [6.45, 7) is 10.2. The van der Waals surface area contributed by atoms with Crippen molar-refractivity contribution in [2.24, 2.45) is 0 Å². The Bertz CT molecular complexity index is 312. The summed E-state index contributed by atoms with van der Waals surface area (Å²) >= 11 is 0. The van der Waals surface area contributed by atoms with Gasteiger partial charge in [-0.25, -0.2) is 0 Å². The average molecular weight is 235 g/mol. The van der Waals surface area contributed by atoms with Crippen molar-refractivity contribution in [1.82, 2.24) is 0 Å². The molecule has 96 valence electrons. The molecule has 0 atom stereocenters. The fourth-order valence-corrected chi connectivity index (χ4v) is 1.82. The monoisotopic (exact) mass is 235 g/mol. The molecule has 17 heavy (non-hydrogen) atoms. The van der Waals surface area contributed by atoms with E-state index in [1.54, 1.807) is 0 Å². The van der Waals surface area contributed by atoms with Crippen LogP contribution in [0.1, 0.15) is 32.3 Å². The largest absolute Gasteiger partial charge is 0.380 e. The van der Waals surface area contributed by atoms with Gasteiger partial charge in [-0.1, -0.05) is 25.5 Å². The van der Waals surface area contributed by atoms with Crippen molar-refractivity contribution in [3.63, 3.8) is 0 Å². The maximum absolute atomic E-state index is 5.62. The lowest BCUT2D eigenvalue weighted by Gasteiger charge is -2.23. The number of unbranched alkanes of at least 4 members (excludes halogenated alkanes) is 1. The van der Waals surface area contributed by atoms with Crippen LogP contribution in [-0.2, 0) is 4.74 Å². The molecule has 2 heteroatoms. The van der Waals surface area contributed by atoms with Gasteiger partial charge in [-0.2, -0.15) is 0 Å². The van der Waals surface area contributed by atoms with E-state index in [0.717, 1.165) is 32.7 Å². The van der Waals surface area contributed by atoms with Gasteiger partial charge in [0.1, 0.15) is 0 Å². The van der Waals surface area contributed by atoms with Gasteiger partial charge in [0, 0.05) is 25.4 Å². The molecule has 0 aliphatic rings. The molecule has 0 saturated carbocycles. The molecular formula is C15H25NO. The molecule has 1 aromatic rings. The highest BCUT2D eigenvalue weighted by Gasteiger charge is 2.03. The fourth-order valence-electron chi connectivity index (χ4n) is 1.82. The van der Waals surface area contributed by atoms with Crippen molar-refractivity contribution in [2.45, 2.75) is 33.6 Å². The van der Waals surface area contributed by atoms with E-state index in [1.165, 1.54) is 17.7 Å². The van der Waals surface area contributed by atoms with Crippen LogP contribution >= 0.6 is 0 Å². The molecule has 0 saturated heterocycles. The zero-order valence-electron chi connectivity index (χ0n) is 11.4. The second-order valence-corrected chi connectivity index (χ2v) is 4.38. The van der Waals surface area contributed by atoms with E-state index in [1.807, 2.05) is 0 Å². The lowest BCUT2D eigenvalue weighted by atomic mass is 10.2. The predicted molar refractivity (Wildman–Crippen MR) is 74.8 cm³/mol. The molecule has 0 spiro atoms. The smallest absolute Gasteiger partial charge is 0.0641 e. The van der Waals surface area contributed by atoms with Gasteiger partial charge in [0.25, 0.3) is 0 Å². The molecule has 0 N–H and O–H groups in total. The molecule has 0 heterocycles. The summed E-state index contributed by atoms with van der Waals surface area (Å²) in [5, 5.41) is 0. The number of hydrogen-bond acceptors (Lipinski definition) is 2. The van der Waals surface area contributed by atoms with Gasteiger partial charge in [0.05, 0.1) is 6.61 Å². The molecule has 0 aliphatic heterocycles. The van der Waals surface area contributed by atoms with E-state index < -0.39 is 0 Å². The Morgan fingerprint density at radius 1 is 1.18 bits per heavy atom. The highest BCUT2D eigenvalue weighted by atomic mass is 16.5. The van der Waals surface area contributed by atoms with Crippen molar-refractivity contribution in [3.8, 4) is 0 Å². The minimum Gasteiger partial charge on any atom is -0.380 e. The molecule has 1 aromatic carbocycles. The van der Waals surface area contributed by atoms with E-state index >= 15 is 0 Å². The third kappa shape index (κ3) is 5.22. The van der Waals surface area contributed by atoms with Crippen LogP contribution in [0.3, 0.4) is 0 Å². The van der Waals surface area contributed by atoms with E-state index in [-0.39, 0.29) is 0 Å². The molecule has 0 aromatic heterocycles. The number of anilines is 1. The van der Waals surface area contributed by atoms with Gasteiger partial charge in [-0.15, -0.1) is 0 Å². The summed E-state index contributed by atoms with van der Waals surface area (Å²) in [4.78, 5) is 2.36.